The molecule has 206 valence electrons. The average Bonchev–Trinajstić information content (AvgIpc) is 3.42. The number of ether oxygens (including phenoxy) is 2. The molecule has 0 saturated carbocycles. The summed E-state index contributed by atoms with van der Waals surface area (Å²) < 4.78 is 17.5. The maximum atomic E-state index is 13.2. The number of carbonyl (C=O) groups is 1. The minimum atomic E-state index is -0.663. The quantitative estimate of drug-likeness (QED) is 0.196. The Labute approximate surface area is 235 Å². The molecule has 0 atom stereocenters. The molecule has 4 aromatic rings. The SMILES string of the molecule is CN1CCN(C(=O)c2noc(-c3cc(Cl)c(OCc4ccccc4)cc3OCc3ccccc3)c2[N+](=O)[O-])CC1. The molecule has 40 heavy (non-hydrogen) atoms. The maximum absolute atomic E-state index is 13.2. The normalized spacial score (nSPS) is 13.7. The molecule has 1 aliphatic heterocycles. The van der Waals surface area contributed by atoms with Gasteiger partial charge in [0.2, 0.25) is 11.5 Å². The summed E-state index contributed by atoms with van der Waals surface area (Å²) >= 11 is 6.58. The van der Waals surface area contributed by atoms with E-state index in [1.54, 1.807) is 6.07 Å². The van der Waals surface area contributed by atoms with Crippen molar-refractivity contribution in [1.82, 2.24) is 15.0 Å². The molecule has 1 aromatic heterocycles. The van der Waals surface area contributed by atoms with Gasteiger partial charge in [0, 0.05) is 32.2 Å². The van der Waals surface area contributed by atoms with Crippen LogP contribution in [0.25, 0.3) is 11.3 Å². The van der Waals surface area contributed by atoms with Crippen molar-refractivity contribution >= 4 is 23.2 Å². The van der Waals surface area contributed by atoms with Crippen LogP contribution in [0.15, 0.2) is 77.3 Å². The molecule has 0 spiro atoms. The fourth-order valence-electron chi connectivity index (χ4n) is 4.34. The maximum Gasteiger partial charge on any atom is 0.349 e. The largest absolute Gasteiger partial charge is 0.488 e. The Morgan fingerprint density at radius 1 is 0.950 bits per heavy atom. The zero-order chi connectivity index (χ0) is 28.1. The number of halogens is 1. The Morgan fingerprint density at radius 2 is 1.52 bits per heavy atom. The number of aromatic nitrogens is 1. The topological polar surface area (TPSA) is 111 Å². The highest BCUT2D eigenvalue weighted by atomic mass is 35.5. The van der Waals surface area contributed by atoms with Crippen LogP contribution in [0.2, 0.25) is 5.02 Å². The molecule has 0 bridgehead atoms. The van der Waals surface area contributed by atoms with Gasteiger partial charge >= 0.3 is 5.69 Å². The molecule has 0 radical (unpaired) electrons. The van der Waals surface area contributed by atoms with Crippen molar-refractivity contribution in [3.63, 3.8) is 0 Å². The molecular formula is C29H27ClN4O6. The highest BCUT2D eigenvalue weighted by Gasteiger charge is 2.37. The van der Waals surface area contributed by atoms with Crippen molar-refractivity contribution in [2.24, 2.45) is 0 Å². The molecule has 0 N–H and O–H groups in total. The summed E-state index contributed by atoms with van der Waals surface area (Å²) in [6.45, 7) is 2.59. The molecule has 5 rings (SSSR count). The smallest absolute Gasteiger partial charge is 0.349 e. The van der Waals surface area contributed by atoms with Crippen molar-refractivity contribution in [1.29, 1.82) is 0 Å². The predicted molar refractivity (Wildman–Crippen MR) is 149 cm³/mol. The van der Waals surface area contributed by atoms with Crippen LogP contribution < -0.4 is 9.47 Å². The molecule has 11 heteroatoms. The molecular weight excluding hydrogens is 536 g/mol. The fourth-order valence-corrected chi connectivity index (χ4v) is 4.56. The number of likely N-dealkylation sites (N-methyl/N-ethyl adjacent to an activating group) is 1. The number of carbonyl (C=O) groups excluding carboxylic acids is 1. The van der Waals surface area contributed by atoms with Crippen molar-refractivity contribution in [2.45, 2.75) is 13.2 Å². The number of hydrogen-bond donors (Lipinski definition) is 0. The van der Waals surface area contributed by atoms with E-state index in [2.05, 4.69) is 10.1 Å². The second kappa shape index (κ2) is 12.2. The first-order chi connectivity index (χ1) is 19.4. The van der Waals surface area contributed by atoms with Crippen LogP contribution in [0.1, 0.15) is 21.6 Å². The molecule has 2 heterocycles. The minimum Gasteiger partial charge on any atom is -0.488 e. The van der Waals surface area contributed by atoms with Gasteiger partial charge < -0.3 is 23.8 Å². The number of rotatable bonds is 9. The van der Waals surface area contributed by atoms with Gasteiger partial charge in [-0.05, 0) is 24.2 Å². The van der Waals surface area contributed by atoms with Crippen LogP contribution in [-0.4, -0.2) is 59.0 Å². The lowest BCUT2D eigenvalue weighted by Crippen LogP contribution is -2.47. The summed E-state index contributed by atoms with van der Waals surface area (Å²) in [6.07, 6.45) is 0. The van der Waals surface area contributed by atoms with Gasteiger partial charge in [0.1, 0.15) is 24.7 Å². The number of nitro groups is 1. The molecule has 1 amide bonds. The number of benzene rings is 3. The Morgan fingerprint density at radius 3 is 2.10 bits per heavy atom. The first-order valence-electron chi connectivity index (χ1n) is 12.7. The van der Waals surface area contributed by atoms with E-state index in [0.29, 0.717) is 31.9 Å². The van der Waals surface area contributed by atoms with Crippen LogP contribution in [0.4, 0.5) is 5.69 Å². The molecule has 1 fully saturated rings. The van der Waals surface area contributed by atoms with Crippen molar-refractivity contribution in [3.05, 3.63) is 105 Å². The summed E-state index contributed by atoms with van der Waals surface area (Å²) in [6, 6.07) is 22.1. The lowest BCUT2D eigenvalue weighted by atomic mass is 10.1. The van der Waals surface area contributed by atoms with E-state index >= 15 is 0 Å². The average molecular weight is 563 g/mol. The monoisotopic (exact) mass is 562 g/mol. The predicted octanol–water partition coefficient (Wildman–Crippen LogP) is 5.45. The Kier molecular flexibility index (Phi) is 8.28. The zero-order valence-corrected chi connectivity index (χ0v) is 22.5. The van der Waals surface area contributed by atoms with Gasteiger partial charge in [-0.25, -0.2) is 0 Å². The lowest BCUT2D eigenvalue weighted by molar-refractivity contribution is -0.384. The number of piperazine rings is 1. The fraction of sp³-hybridized carbons (Fsp3) is 0.241. The molecule has 3 aromatic carbocycles. The Hall–Kier alpha value is -4.41. The van der Waals surface area contributed by atoms with E-state index in [1.807, 2.05) is 67.7 Å². The van der Waals surface area contributed by atoms with Crippen LogP contribution in [-0.2, 0) is 13.2 Å². The van der Waals surface area contributed by atoms with Gasteiger partial charge in [-0.3, -0.25) is 14.9 Å². The standard InChI is InChI=1S/C29H27ClN4O6/c1-32-12-14-33(15-13-32)29(35)26-27(34(36)37)28(40-31-26)22-16-23(30)25(39-19-21-10-6-3-7-11-21)17-24(22)38-18-20-8-4-2-5-9-20/h2-11,16-17H,12-15,18-19H2,1H3. The highest BCUT2D eigenvalue weighted by molar-refractivity contribution is 6.32. The van der Waals surface area contributed by atoms with Gasteiger partial charge in [-0.2, -0.15) is 0 Å². The van der Waals surface area contributed by atoms with Gasteiger partial charge in [0.15, 0.2) is 0 Å². The first kappa shape index (κ1) is 27.2. The molecule has 0 aliphatic carbocycles. The Balaban J connectivity index is 1.51. The third-order valence-electron chi connectivity index (χ3n) is 6.60. The molecule has 0 unspecified atom stereocenters. The number of nitrogens with zero attached hydrogens (tertiary/aromatic N) is 4. The van der Waals surface area contributed by atoms with Gasteiger partial charge in [0.05, 0.1) is 15.5 Å². The van der Waals surface area contributed by atoms with Crippen molar-refractivity contribution in [3.8, 4) is 22.8 Å². The van der Waals surface area contributed by atoms with E-state index < -0.39 is 16.5 Å². The van der Waals surface area contributed by atoms with E-state index in [-0.39, 0.29) is 41.0 Å². The van der Waals surface area contributed by atoms with E-state index in [0.717, 1.165) is 11.1 Å². The summed E-state index contributed by atoms with van der Waals surface area (Å²) in [5.41, 5.74) is 1.10. The molecule has 1 aliphatic rings. The summed E-state index contributed by atoms with van der Waals surface area (Å²) in [5.74, 6) is -0.222. The van der Waals surface area contributed by atoms with E-state index in [9.17, 15) is 14.9 Å². The third kappa shape index (κ3) is 6.08. The lowest BCUT2D eigenvalue weighted by Gasteiger charge is -2.31. The number of hydrogen-bond acceptors (Lipinski definition) is 8. The van der Waals surface area contributed by atoms with Gasteiger partial charge in [-0.15, -0.1) is 0 Å². The van der Waals surface area contributed by atoms with Crippen molar-refractivity contribution < 1.29 is 23.7 Å². The summed E-state index contributed by atoms with van der Waals surface area (Å²) in [5, 5.41) is 16.3. The molecule has 1 saturated heterocycles. The van der Waals surface area contributed by atoms with Crippen LogP contribution in [0.5, 0.6) is 11.5 Å². The summed E-state index contributed by atoms with van der Waals surface area (Å²) in [4.78, 5) is 28.4. The van der Waals surface area contributed by atoms with Crippen LogP contribution >= 0.6 is 11.6 Å². The van der Waals surface area contributed by atoms with Crippen LogP contribution in [0.3, 0.4) is 0 Å². The third-order valence-corrected chi connectivity index (χ3v) is 6.89. The van der Waals surface area contributed by atoms with E-state index in [4.69, 9.17) is 25.6 Å². The van der Waals surface area contributed by atoms with Crippen molar-refractivity contribution in [2.75, 3.05) is 33.2 Å². The zero-order valence-electron chi connectivity index (χ0n) is 21.8. The van der Waals surface area contributed by atoms with E-state index in [1.165, 1.54) is 11.0 Å². The van der Waals surface area contributed by atoms with Gasteiger partial charge in [0.25, 0.3) is 5.91 Å². The van der Waals surface area contributed by atoms with Crippen LogP contribution in [0, 0.1) is 10.1 Å². The second-order valence-corrected chi connectivity index (χ2v) is 9.80. The first-order valence-corrected chi connectivity index (χ1v) is 13.1. The highest BCUT2D eigenvalue weighted by Crippen LogP contribution is 2.44. The Bertz CT molecular complexity index is 1490. The minimum absolute atomic E-state index is 0.169. The molecule has 10 nitrogen and oxygen atoms in total. The number of amides is 1. The second-order valence-electron chi connectivity index (χ2n) is 9.39. The summed E-state index contributed by atoms with van der Waals surface area (Å²) in [7, 11) is 1.95. The van der Waals surface area contributed by atoms with Gasteiger partial charge in [-0.1, -0.05) is 77.4 Å².